The SMILES string of the molecule is CC1(C)CN(c2cccc(Cl)c2C(=N)N)CCO1. The molecule has 4 nitrogen and oxygen atoms in total. The Labute approximate surface area is 112 Å². The molecule has 1 aliphatic rings. The molecule has 98 valence electrons. The second-order valence-corrected chi connectivity index (χ2v) is 5.48. The van der Waals surface area contributed by atoms with Crippen LogP contribution in [0.1, 0.15) is 19.4 Å². The van der Waals surface area contributed by atoms with Crippen molar-refractivity contribution in [2.75, 3.05) is 24.6 Å². The Morgan fingerprint density at radius 3 is 2.83 bits per heavy atom. The number of nitrogens with one attached hydrogen (secondary N) is 1. The van der Waals surface area contributed by atoms with Crippen molar-refractivity contribution in [3.63, 3.8) is 0 Å². The van der Waals surface area contributed by atoms with Gasteiger partial charge in [-0.2, -0.15) is 0 Å². The number of nitrogens with two attached hydrogens (primary N) is 1. The molecule has 1 heterocycles. The third-order valence-corrected chi connectivity index (χ3v) is 3.34. The van der Waals surface area contributed by atoms with Crippen LogP contribution < -0.4 is 10.6 Å². The second-order valence-electron chi connectivity index (χ2n) is 5.08. The third kappa shape index (κ3) is 2.60. The number of amidine groups is 1. The lowest BCUT2D eigenvalue weighted by atomic mass is 10.0. The van der Waals surface area contributed by atoms with Crippen LogP contribution in [-0.4, -0.2) is 31.1 Å². The first-order valence-corrected chi connectivity index (χ1v) is 6.30. The Morgan fingerprint density at radius 1 is 1.50 bits per heavy atom. The van der Waals surface area contributed by atoms with Crippen molar-refractivity contribution in [1.29, 1.82) is 5.41 Å². The molecule has 0 aromatic heterocycles. The first-order valence-electron chi connectivity index (χ1n) is 5.92. The summed E-state index contributed by atoms with van der Waals surface area (Å²) in [5.41, 5.74) is 6.95. The molecule has 0 radical (unpaired) electrons. The molecule has 1 aromatic rings. The zero-order valence-corrected chi connectivity index (χ0v) is 11.4. The summed E-state index contributed by atoms with van der Waals surface area (Å²) in [6.45, 7) is 6.31. The summed E-state index contributed by atoms with van der Waals surface area (Å²) < 4.78 is 5.69. The zero-order chi connectivity index (χ0) is 13.3. The standard InChI is InChI=1S/C13H18ClN3O/c1-13(2)8-17(6-7-18-13)10-5-3-4-9(14)11(10)12(15)16/h3-5H,6-8H2,1-2H3,(H3,15,16). The minimum absolute atomic E-state index is 0.0000945. The van der Waals surface area contributed by atoms with E-state index in [9.17, 15) is 0 Å². The quantitative estimate of drug-likeness (QED) is 0.638. The van der Waals surface area contributed by atoms with Gasteiger partial charge in [-0.1, -0.05) is 17.7 Å². The molecule has 0 bridgehead atoms. The predicted molar refractivity (Wildman–Crippen MR) is 74.7 cm³/mol. The third-order valence-electron chi connectivity index (χ3n) is 3.03. The molecule has 1 fully saturated rings. The van der Waals surface area contributed by atoms with Crippen molar-refractivity contribution >= 4 is 23.1 Å². The van der Waals surface area contributed by atoms with E-state index in [0.717, 1.165) is 18.8 Å². The van der Waals surface area contributed by atoms with Gasteiger partial charge in [0.15, 0.2) is 0 Å². The maximum atomic E-state index is 7.67. The van der Waals surface area contributed by atoms with E-state index in [-0.39, 0.29) is 11.4 Å². The van der Waals surface area contributed by atoms with Gasteiger partial charge >= 0.3 is 0 Å². The van der Waals surface area contributed by atoms with Gasteiger partial charge in [0.2, 0.25) is 0 Å². The van der Waals surface area contributed by atoms with Gasteiger partial charge in [0.1, 0.15) is 5.84 Å². The number of nitrogens with zero attached hydrogens (tertiary/aromatic N) is 1. The molecule has 1 saturated heterocycles. The van der Waals surface area contributed by atoms with Gasteiger partial charge < -0.3 is 15.4 Å². The maximum Gasteiger partial charge on any atom is 0.126 e. The Hall–Kier alpha value is -1.26. The molecule has 0 saturated carbocycles. The van der Waals surface area contributed by atoms with Gasteiger partial charge in [0, 0.05) is 18.8 Å². The first kappa shape index (κ1) is 13.2. The maximum absolute atomic E-state index is 7.67. The summed E-state index contributed by atoms with van der Waals surface area (Å²) in [5, 5.41) is 8.19. The fourth-order valence-corrected chi connectivity index (χ4v) is 2.54. The Bertz CT molecular complexity index is 473. The minimum Gasteiger partial charge on any atom is -0.384 e. The van der Waals surface area contributed by atoms with Gasteiger partial charge in [-0.3, -0.25) is 5.41 Å². The van der Waals surface area contributed by atoms with Crippen LogP contribution in [0.3, 0.4) is 0 Å². The lowest BCUT2D eigenvalue weighted by Gasteiger charge is -2.40. The lowest BCUT2D eigenvalue weighted by Crippen LogP contribution is -2.48. The molecule has 3 N–H and O–H groups in total. The fraction of sp³-hybridized carbons (Fsp3) is 0.462. The van der Waals surface area contributed by atoms with Crippen molar-refractivity contribution in [3.8, 4) is 0 Å². The van der Waals surface area contributed by atoms with E-state index < -0.39 is 0 Å². The van der Waals surface area contributed by atoms with Gasteiger partial charge in [0.25, 0.3) is 0 Å². The fourth-order valence-electron chi connectivity index (χ4n) is 2.26. The average Bonchev–Trinajstić information content (AvgIpc) is 2.26. The number of hydrogen-bond donors (Lipinski definition) is 2. The highest BCUT2D eigenvalue weighted by atomic mass is 35.5. The number of ether oxygens (including phenoxy) is 1. The van der Waals surface area contributed by atoms with Crippen LogP contribution in [0.4, 0.5) is 5.69 Å². The smallest absolute Gasteiger partial charge is 0.126 e. The van der Waals surface area contributed by atoms with Crippen LogP contribution in [0.25, 0.3) is 0 Å². The number of anilines is 1. The van der Waals surface area contributed by atoms with E-state index in [1.54, 1.807) is 6.07 Å². The molecule has 0 unspecified atom stereocenters. The van der Waals surface area contributed by atoms with Crippen molar-refractivity contribution in [1.82, 2.24) is 0 Å². The molecule has 5 heteroatoms. The number of hydrogen-bond acceptors (Lipinski definition) is 3. The number of nitrogen functional groups attached to an aromatic ring is 1. The van der Waals surface area contributed by atoms with Crippen LogP contribution >= 0.6 is 11.6 Å². The summed E-state index contributed by atoms with van der Waals surface area (Å²) in [6.07, 6.45) is 0. The van der Waals surface area contributed by atoms with Crippen LogP contribution in [0.15, 0.2) is 18.2 Å². The van der Waals surface area contributed by atoms with Gasteiger partial charge in [0.05, 0.1) is 22.8 Å². The summed E-state index contributed by atoms with van der Waals surface area (Å²) in [7, 11) is 0. The molecule has 0 atom stereocenters. The monoisotopic (exact) mass is 267 g/mol. The summed E-state index contributed by atoms with van der Waals surface area (Å²) in [6, 6.07) is 5.59. The Morgan fingerprint density at radius 2 is 2.22 bits per heavy atom. The molecule has 0 spiro atoms. The highest BCUT2D eigenvalue weighted by Crippen LogP contribution is 2.30. The molecule has 2 rings (SSSR count). The number of morpholine rings is 1. The first-order chi connectivity index (χ1) is 8.41. The van der Waals surface area contributed by atoms with Crippen molar-refractivity contribution < 1.29 is 4.74 Å². The van der Waals surface area contributed by atoms with Crippen molar-refractivity contribution in [3.05, 3.63) is 28.8 Å². The van der Waals surface area contributed by atoms with Crippen LogP contribution in [0.2, 0.25) is 5.02 Å². The minimum atomic E-state index is -0.200. The van der Waals surface area contributed by atoms with Crippen molar-refractivity contribution in [2.24, 2.45) is 5.73 Å². The van der Waals surface area contributed by atoms with Crippen LogP contribution in [0.5, 0.6) is 0 Å². The lowest BCUT2D eigenvalue weighted by molar-refractivity contribution is -0.0277. The van der Waals surface area contributed by atoms with Crippen LogP contribution in [0, 0.1) is 5.41 Å². The number of benzene rings is 1. The molecule has 1 aliphatic heterocycles. The molecule has 0 aliphatic carbocycles. The van der Waals surface area contributed by atoms with Gasteiger partial charge in [-0.15, -0.1) is 0 Å². The highest BCUT2D eigenvalue weighted by Gasteiger charge is 2.29. The summed E-state index contributed by atoms with van der Waals surface area (Å²) >= 11 is 6.14. The van der Waals surface area contributed by atoms with Gasteiger partial charge in [-0.05, 0) is 26.0 Å². The topological polar surface area (TPSA) is 62.3 Å². The number of rotatable bonds is 2. The summed E-state index contributed by atoms with van der Waals surface area (Å²) in [4.78, 5) is 2.17. The van der Waals surface area contributed by atoms with E-state index in [1.807, 2.05) is 12.1 Å². The predicted octanol–water partition coefficient (Wildman–Crippen LogP) is 2.24. The average molecular weight is 268 g/mol. The largest absolute Gasteiger partial charge is 0.384 e. The van der Waals surface area contributed by atoms with E-state index in [0.29, 0.717) is 17.2 Å². The molecule has 1 aromatic carbocycles. The van der Waals surface area contributed by atoms with E-state index >= 15 is 0 Å². The van der Waals surface area contributed by atoms with E-state index in [4.69, 9.17) is 27.5 Å². The van der Waals surface area contributed by atoms with Gasteiger partial charge in [-0.25, -0.2) is 0 Å². The Kier molecular flexibility index (Phi) is 3.50. The zero-order valence-electron chi connectivity index (χ0n) is 10.7. The highest BCUT2D eigenvalue weighted by molar-refractivity contribution is 6.34. The van der Waals surface area contributed by atoms with Crippen LogP contribution in [-0.2, 0) is 4.74 Å². The second kappa shape index (κ2) is 4.78. The molecular formula is C13H18ClN3O. The molecule has 0 amide bonds. The molecule has 18 heavy (non-hydrogen) atoms. The Balaban J connectivity index is 2.39. The van der Waals surface area contributed by atoms with E-state index in [2.05, 4.69) is 18.7 Å². The van der Waals surface area contributed by atoms with E-state index in [1.165, 1.54) is 0 Å². The normalized spacial score (nSPS) is 18.7. The summed E-state index contributed by atoms with van der Waals surface area (Å²) in [5.74, 6) is -0.0000945. The molecular weight excluding hydrogens is 250 g/mol. The van der Waals surface area contributed by atoms with Crippen molar-refractivity contribution in [2.45, 2.75) is 19.4 Å². The number of halogens is 1.